The molecule has 0 bridgehead atoms. The summed E-state index contributed by atoms with van der Waals surface area (Å²) in [5, 5.41) is 0. The number of rotatable bonds is 3. The molecule has 3 N–H and O–H groups in total. The largest absolute Gasteiger partial charge is 0.367 e. The van der Waals surface area contributed by atoms with Gasteiger partial charge in [-0.1, -0.05) is 12.1 Å². The van der Waals surface area contributed by atoms with Crippen LogP contribution in [0.3, 0.4) is 0 Å². The molecule has 0 saturated carbocycles. The molecule has 23 heavy (non-hydrogen) atoms. The predicted molar refractivity (Wildman–Crippen MR) is 88.4 cm³/mol. The first-order chi connectivity index (χ1) is 11.1. The van der Waals surface area contributed by atoms with E-state index in [1.807, 2.05) is 11.8 Å². The first-order valence-corrected chi connectivity index (χ1v) is 7.90. The number of hydrogen-bond donors (Lipinski definition) is 2. The van der Waals surface area contributed by atoms with E-state index in [1.165, 1.54) is 0 Å². The van der Waals surface area contributed by atoms with Crippen LogP contribution in [-0.4, -0.2) is 40.2 Å². The van der Waals surface area contributed by atoms with Gasteiger partial charge >= 0.3 is 0 Å². The summed E-state index contributed by atoms with van der Waals surface area (Å²) in [6.45, 7) is 2.71. The van der Waals surface area contributed by atoms with Crippen molar-refractivity contribution in [2.45, 2.75) is 31.8 Å². The number of ketones is 1. The lowest BCUT2D eigenvalue weighted by molar-refractivity contribution is 0.0618. The minimum atomic E-state index is -0.0532. The lowest BCUT2D eigenvalue weighted by atomic mass is 9.97. The van der Waals surface area contributed by atoms with Crippen LogP contribution in [0.15, 0.2) is 42.7 Å². The Hall–Kier alpha value is -2.40. The highest BCUT2D eigenvalue weighted by molar-refractivity contribution is 6.09. The summed E-state index contributed by atoms with van der Waals surface area (Å²) in [6, 6.07) is 8.93. The van der Waals surface area contributed by atoms with E-state index >= 15 is 0 Å². The minimum absolute atomic E-state index is 0.00467. The zero-order valence-electron chi connectivity index (χ0n) is 13.2. The summed E-state index contributed by atoms with van der Waals surface area (Å²) < 4.78 is 0. The van der Waals surface area contributed by atoms with Gasteiger partial charge in [0.2, 0.25) is 0 Å². The first-order valence-electron chi connectivity index (χ1n) is 7.90. The van der Waals surface area contributed by atoms with Gasteiger partial charge in [0, 0.05) is 47.7 Å². The SMILES string of the molecule is CC1CC(N)CCN1C(=O)c1ccc(C(=O)c2cc[nH]c2)cc1. The topological polar surface area (TPSA) is 79.2 Å². The third kappa shape index (κ3) is 3.19. The molecular weight excluding hydrogens is 290 g/mol. The maximum atomic E-state index is 12.6. The quantitative estimate of drug-likeness (QED) is 0.853. The van der Waals surface area contributed by atoms with Gasteiger partial charge in [-0.25, -0.2) is 0 Å². The van der Waals surface area contributed by atoms with Crippen LogP contribution in [0.2, 0.25) is 0 Å². The first kappa shape index (κ1) is 15.5. The second-order valence-corrected chi connectivity index (χ2v) is 6.14. The fraction of sp³-hybridized carbons (Fsp3) is 0.333. The molecule has 1 aliphatic rings. The zero-order chi connectivity index (χ0) is 16.4. The van der Waals surface area contributed by atoms with Gasteiger partial charge in [0.25, 0.3) is 5.91 Å². The number of aromatic amines is 1. The van der Waals surface area contributed by atoms with Gasteiger partial charge in [-0.2, -0.15) is 0 Å². The normalized spacial score (nSPS) is 21.2. The van der Waals surface area contributed by atoms with E-state index < -0.39 is 0 Å². The number of piperidine rings is 1. The fourth-order valence-electron chi connectivity index (χ4n) is 3.07. The molecule has 0 spiro atoms. The van der Waals surface area contributed by atoms with E-state index in [-0.39, 0.29) is 23.8 Å². The van der Waals surface area contributed by atoms with Gasteiger partial charge in [0.1, 0.15) is 0 Å². The molecule has 1 aliphatic heterocycles. The van der Waals surface area contributed by atoms with Crippen molar-refractivity contribution in [2.24, 2.45) is 5.73 Å². The van der Waals surface area contributed by atoms with Gasteiger partial charge in [-0.3, -0.25) is 9.59 Å². The monoisotopic (exact) mass is 311 g/mol. The Bertz CT molecular complexity index is 692. The zero-order valence-corrected chi connectivity index (χ0v) is 13.2. The van der Waals surface area contributed by atoms with E-state index in [2.05, 4.69) is 4.98 Å². The second kappa shape index (κ2) is 6.38. The molecule has 120 valence electrons. The minimum Gasteiger partial charge on any atom is -0.367 e. The molecule has 2 atom stereocenters. The molecule has 0 aliphatic carbocycles. The van der Waals surface area contributed by atoms with Crippen molar-refractivity contribution in [1.82, 2.24) is 9.88 Å². The van der Waals surface area contributed by atoms with Crippen LogP contribution in [0, 0.1) is 0 Å². The Morgan fingerprint density at radius 1 is 1.13 bits per heavy atom. The molecule has 1 fully saturated rings. The van der Waals surface area contributed by atoms with Crippen molar-refractivity contribution >= 4 is 11.7 Å². The van der Waals surface area contributed by atoms with E-state index in [1.54, 1.807) is 42.7 Å². The van der Waals surface area contributed by atoms with Gasteiger partial charge in [-0.05, 0) is 38.0 Å². The number of benzene rings is 1. The van der Waals surface area contributed by atoms with Crippen LogP contribution in [0.1, 0.15) is 46.0 Å². The summed E-state index contributed by atoms with van der Waals surface area (Å²) in [7, 11) is 0. The molecule has 1 aromatic heterocycles. The van der Waals surface area contributed by atoms with Crippen molar-refractivity contribution in [2.75, 3.05) is 6.54 Å². The number of H-pyrrole nitrogens is 1. The summed E-state index contributed by atoms with van der Waals surface area (Å²) >= 11 is 0. The Morgan fingerprint density at radius 3 is 2.43 bits per heavy atom. The molecule has 5 nitrogen and oxygen atoms in total. The molecule has 5 heteroatoms. The predicted octanol–water partition coefficient (Wildman–Crippen LogP) is 2.20. The van der Waals surface area contributed by atoms with Gasteiger partial charge in [-0.15, -0.1) is 0 Å². The summed E-state index contributed by atoms with van der Waals surface area (Å²) in [5.41, 5.74) is 7.75. The highest BCUT2D eigenvalue weighted by Gasteiger charge is 2.27. The molecule has 2 aromatic rings. The Kier molecular flexibility index (Phi) is 4.30. The number of carbonyl (C=O) groups is 2. The summed E-state index contributed by atoms with van der Waals surface area (Å²) in [5.74, 6) is -0.0485. The van der Waals surface area contributed by atoms with E-state index in [0.29, 0.717) is 23.2 Å². The van der Waals surface area contributed by atoms with Crippen LogP contribution >= 0.6 is 0 Å². The van der Waals surface area contributed by atoms with Gasteiger partial charge in [0.05, 0.1) is 0 Å². The van der Waals surface area contributed by atoms with Crippen LogP contribution in [0.25, 0.3) is 0 Å². The Labute approximate surface area is 135 Å². The van der Waals surface area contributed by atoms with E-state index in [4.69, 9.17) is 5.73 Å². The van der Waals surface area contributed by atoms with Crippen molar-refractivity contribution in [1.29, 1.82) is 0 Å². The van der Waals surface area contributed by atoms with E-state index in [9.17, 15) is 9.59 Å². The summed E-state index contributed by atoms with van der Waals surface area (Å²) in [6.07, 6.45) is 5.05. The summed E-state index contributed by atoms with van der Waals surface area (Å²) in [4.78, 5) is 29.6. The Morgan fingerprint density at radius 2 is 1.83 bits per heavy atom. The third-order valence-electron chi connectivity index (χ3n) is 4.43. The maximum absolute atomic E-state index is 12.6. The molecule has 0 radical (unpaired) electrons. The number of nitrogens with two attached hydrogens (primary N) is 1. The maximum Gasteiger partial charge on any atom is 0.254 e. The van der Waals surface area contributed by atoms with Crippen LogP contribution in [0.5, 0.6) is 0 Å². The van der Waals surface area contributed by atoms with Gasteiger partial charge < -0.3 is 15.6 Å². The molecule has 2 heterocycles. The van der Waals surface area contributed by atoms with Crippen molar-refractivity contribution in [3.8, 4) is 0 Å². The molecule has 1 amide bonds. The van der Waals surface area contributed by atoms with Gasteiger partial charge in [0.15, 0.2) is 5.78 Å². The number of hydrogen-bond acceptors (Lipinski definition) is 3. The number of nitrogens with zero attached hydrogens (tertiary/aromatic N) is 1. The van der Waals surface area contributed by atoms with Crippen LogP contribution < -0.4 is 5.73 Å². The van der Waals surface area contributed by atoms with Crippen molar-refractivity contribution in [3.63, 3.8) is 0 Å². The van der Waals surface area contributed by atoms with E-state index in [0.717, 1.165) is 12.8 Å². The average Bonchev–Trinajstić information content (AvgIpc) is 3.08. The highest BCUT2D eigenvalue weighted by atomic mass is 16.2. The molecule has 2 unspecified atom stereocenters. The highest BCUT2D eigenvalue weighted by Crippen LogP contribution is 2.19. The smallest absolute Gasteiger partial charge is 0.254 e. The van der Waals surface area contributed by atoms with Crippen LogP contribution in [-0.2, 0) is 0 Å². The second-order valence-electron chi connectivity index (χ2n) is 6.14. The molecule has 3 rings (SSSR count). The fourth-order valence-corrected chi connectivity index (χ4v) is 3.07. The number of nitrogens with one attached hydrogen (secondary N) is 1. The lowest BCUT2D eigenvalue weighted by Crippen LogP contribution is -2.48. The number of amides is 1. The molecule has 1 saturated heterocycles. The molecular formula is C18H21N3O2. The Balaban J connectivity index is 1.74. The van der Waals surface area contributed by atoms with Crippen molar-refractivity contribution in [3.05, 3.63) is 59.4 Å². The number of carbonyl (C=O) groups excluding carboxylic acids is 2. The van der Waals surface area contributed by atoms with Crippen LogP contribution in [0.4, 0.5) is 0 Å². The number of aromatic nitrogens is 1. The average molecular weight is 311 g/mol. The third-order valence-corrected chi connectivity index (χ3v) is 4.43. The standard InChI is InChI=1S/C18H21N3O2/c1-12-10-16(19)7-9-21(12)18(23)14-4-2-13(3-5-14)17(22)15-6-8-20-11-15/h2-6,8,11-12,16,20H,7,9-10,19H2,1H3. The lowest BCUT2D eigenvalue weighted by Gasteiger charge is -2.36. The number of likely N-dealkylation sites (tertiary alicyclic amines) is 1. The van der Waals surface area contributed by atoms with Crippen molar-refractivity contribution < 1.29 is 9.59 Å². The molecule has 1 aromatic carbocycles.